The van der Waals surface area contributed by atoms with Crippen LogP contribution in [0.15, 0.2) is 24.3 Å². The Balaban J connectivity index is 0.00000192. The van der Waals surface area contributed by atoms with Gasteiger partial charge in [0.1, 0.15) is 0 Å². The van der Waals surface area contributed by atoms with Crippen LogP contribution in [-0.4, -0.2) is 30.9 Å². The Morgan fingerprint density at radius 1 is 1.22 bits per heavy atom. The van der Waals surface area contributed by atoms with Gasteiger partial charge in [-0.25, -0.2) is 0 Å². The molecule has 1 aromatic rings. The quantitative estimate of drug-likeness (QED) is 0.788. The van der Waals surface area contributed by atoms with Crippen molar-refractivity contribution >= 4 is 29.9 Å². The minimum Gasteiger partial charge on any atom is -0.348 e. The zero-order valence-electron chi connectivity index (χ0n) is 13.3. The Kier molecular flexibility index (Phi) is 6.02. The molecular weight excluding hydrogens is 314 g/mol. The number of carbonyl (C=O) groups is 2. The van der Waals surface area contributed by atoms with Crippen LogP contribution in [0, 0.1) is 11.8 Å². The van der Waals surface area contributed by atoms with E-state index in [0.717, 1.165) is 38.0 Å². The van der Waals surface area contributed by atoms with E-state index in [9.17, 15) is 9.59 Å². The minimum absolute atomic E-state index is 0. The van der Waals surface area contributed by atoms with Gasteiger partial charge in [0.15, 0.2) is 0 Å². The van der Waals surface area contributed by atoms with Gasteiger partial charge in [0.25, 0.3) is 5.91 Å². The van der Waals surface area contributed by atoms with Gasteiger partial charge < -0.3 is 16.0 Å². The van der Waals surface area contributed by atoms with Crippen molar-refractivity contribution in [2.24, 2.45) is 11.8 Å². The van der Waals surface area contributed by atoms with Crippen molar-refractivity contribution in [2.45, 2.75) is 32.2 Å². The van der Waals surface area contributed by atoms with E-state index in [2.05, 4.69) is 22.9 Å². The molecule has 0 bridgehead atoms. The number of amides is 2. The highest BCUT2D eigenvalue weighted by atomic mass is 35.5. The molecule has 23 heavy (non-hydrogen) atoms. The van der Waals surface area contributed by atoms with Crippen molar-refractivity contribution in [1.82, 2.24) is 10.6 Å². The minimum atomic E-state index is -0.0533. The van der Waals surface area contributed by atoms with Crippen LogP contribution >= 0.6 is 12.4 Å². The third-order valence-electron chi connectivity index (χ3n) is 4.49. The zero-order chi connectivity index (χ0) is 15.5. The van der Waals surface area contributed by atoms with E-state index < -0.39 is 0 Å². The number of anilines is 1. The molecule has 3 N–H and O–H groups in total. The Hall–Kier alpha value is -1.59. The molecule has 1 heterocycles. The number of hydrogen-bond donors (Lipinski definition) is 3. The van der Waals surface area contributed by atoms with Crippen LogP contribution in [0.5, 0.6) is 0 Å². The van der Waals surface area contributed by atoms with Crippen molar-refractivity contribution in [2.75, 3.05) is 18.4 Å². The fourth-order valence-corrected chi connectivity index (χ4v) is 2.87. The van der Waals surface area contributed by atoms with Crippen LogP contribution in [-0.2, 0) is 4.79 Å². The van der Waals surface area contributed by atoms with E-state index in [1.165, 1.54) is 0 Å². The Morgan fingerprint density at radius 3 is 2.48 bits per heavy atom. The van der Waals surface area contributed by atoms with Gasteiger partial charge >= 0.3 is 0 Å². The Bertz CT molecular complexity index is 555. The molecule has 2 fully saturated rings. The third-order valence-corrected chi connectivity index (χ3v) is 4.49. The largest absolute Gasteiger partial charge is 0.348 e. The lowest BCUT2D eigenvalue weighted by atomic mass is 10.1. The van der Waals surface area contributed by atoms with E-state index in [1.807, 2.05) is 0 Å². The van der Waals surface area contributed by atoms with Gasteiger partial charge in [-0.2, -0.15) is 0 Å². The van der Waals surface area contributed by atoms with Crippen molar-refractivity contribution in [3.8, 4) is 0 Å². The van der Waals surface area contributed by atoms with E-state index >= 15 is 0 Å². The SMILES string of the molecule is CC1CC1C(=O)Nc1ccc(C(=O)NC2CCCNC2)cc1.Cl. The number of rotatable bonds is 4. The average molecular weight is 338 g/mol. The Morgan fingerprint density at radius 2 is 1.91 bits per heavy atom. The van der Waals surface area contributed by atoms with Gasteiger partial charge in [0.05, 0.1) is 0 Å². The first kappa shape index (κ1) is 17.8. The van der Waals surface area contributed by atoms with Crippen LogP contribution in [0.2, 0.25) is 0 Å². The Labute approximate surface area is 143 Å². The summed E-state index contributed by atoms with van der Waals surface area (Å²) < 4.78 is 0. The summed E-state index contributed by atoms with van der Waals surface area (Å²) in [6.45, 7) is 3.94. The highest BCUT2D eigenvalue weighted by Crippen LogP contribution is 2.38. The summed E-state index contributed by atoms with van der Waals surface area (Å²) in [4.78, 5) is 24.1. The molecular formula is C17H24ClN3O2. The van der Waals surface area contributed by atoms with Crippen LogP contribution in [0.25, 0.3) is 0 Å². The van der Waals surface area contributed by atoms with Gasteiger partial charge in [0.2, 0.25) is 5.91 Å². The number of piperidine rings is 1. The van der Waals surface area contributed by atoms with Crippen molar-refractivity contribution in [3.05, 3.63) is 29.8 Å². The first-order valence-corrected chi connectivity index (χ1v) is 8.06. The molecule has 1 aliphatic heterocycles. The number of halogens is 1. The number of carbonyl (C=O) groups excluding carboxylic acids is 2. The summed E-state index contributed by atoms with van der Waals surface area (Å²) in [6.07, 6.45) is 3.09. The lowest BCUT2D eigenvalue weighted by Crippen LogP contribution is -2.45. The van der Waals surface area contributed by atoms with E-state index in [1.54, 1.807) is 24.3 Å². The highest BCUT2D eigenvalue weighted by molar-refractivity contribution is 5.97. The highest BCUT2D eigenvalue weighted by Gasteiger charge is 2.39. The van der Waals surface area contributed by atoms with Crippen LogP contribution in [0.4, 0.5) is 5.69 Å². The molecule has 0 spiro atoms. The van der Waals surface area contributed by atoms with Crippen molar-refractivity contribution < 1.29 is 9.59 Å². The van der Waals surface area contributed by atoms with Crippen LogP contribution in [0.1, 0.15) is 36.5 Å². The normalized spacial score (nSPS) is 25.9. The summed E-state index contributed by atoms with van der Waals surface area (Å²) in [7, 11) is 0. The first-order chi connectivity index (χ1) is 10.6. The van der Waals surface area contributed by atoms with E-state index in [0.29, 0.717) is 11.5 Å². The number of benzene rings is 1. The third kappa shape index (κ3) is 4.69. The zero-order valence-corrected chi connectivity index (χ0v) is 14.1. The second kappa shape index (κ2) is 7.79. The first-order valence-electron chi connectivity index (χ1n) is 8.06. The van der Waals surface area contributed by atoms with E-state index in [4.69, 9.17) is 0 Å². The van der Waals surface area contributed by atoms with Gasteiger partial charge in [-0.1, -0.05) is 6.92 Å². The second-order valence-corrected chi connectivity index (χ2v) is 6.40. The molecule has 1 saturated heterocycles. The molecule has 2 amide bonds. The van der Waals surface area contributed by atoms with Gasteiger partial charge in [-0.05, 0) is 56.0 Å². The lowest BCUT2D eigenvalue weighted by molar-refractivity contribution is -0.117. The summed E-state index contributed by atoms with van der Waals surface area (Å²) in [6, 6.07) is 7.31. The molecule has 5 nitrogen and oxygen atoms in total. The van der Waals surface area contributed by atoms with Crippen molar-refractivity contribution in [1.29, 1.82) is 0 Å². The number of nitrogens with one attached hydrogen (secondary N) is 3. The van der Waals surface area contributed by atoms with Gasteiger partial charge in [-0.3, -0.25) is 9.59 Å². The summed E-state index contributed by atoms with van der Waals surface area (Å²) in [5.74, 6) is 0.677. The van der Waals surface area contributed by atoms with Gasteiger partial charge in [-0.15, -0.1) is 12.4 Å². The fourth-order valence-electron chi connectivity index (χ4n) is 2.87. The molecule has 126 valence electrons. The topological polar surface area (TPSA) is 70.2 Å². The van der Waals surface area contributed by atoms with Crippen LogP contribution in [0.3, 0.4) is 0 Å². The second-order valence-electron chi connectivity index (χ2n) is 6.40. The average Bonchev–Trinajstić information content (AvgIpc) is 3.26. The summed E-state index contributed by atoms with van der Waals surface area (Å²) in [5.41, 5.74) is 1.38. The van der Waals surface area contributed by atoms with Crippen molar-refractivity contribution in [3.63, 3.8) is 0 Å². The molecule has 0 aromatic heterocycles. The van der Waals surface area contributed by atoms with E-state index in [-0.39, 0.29) is 36.2 Å². The lowest BCUT2D eigenvalue weighted by Gasteiger charge is -2.23. The number of hydrogen-bond acceptors (Lipinski definition) is 3. The molecule has 1 aromatic carbocycles. The molecule has 2 aliphatic rings. The fraction of sp³-hybridized carbons (Fsp3) is 0.529. The molecule has 6 heteroatoms. The standard InChI is InChI=1S/C17H23N3O2.ClH/c1-11-9-15(11)17(22)19-13-6-4-12(5-7-13)16(21)20-14-3-2-8-18-10-14;/h4-7,11,14-15,18H,2-3,8-10H2,1H3,(H,19,22)(H,20,21);1H. The molecule has 3 rings (SSSR count). The molecule has 0 radical (unpaired) electrons. The summed E-state index contributed by atoms with van der Waals surface area (Å²) >= 11 is 0. The predicted octanol–water partition coefficient (Wildman–Crippen LogP) is 2.18. The van der Waals surface area contributed by atoms with Crippen LogP contribution < -0.4 is 16.0 Å². The molecule has 3 unspecified atom stereocenters. The monoisotopic (exact) mass is 337 g/mol. The smallest absolute Gasteiger partial charge is 0.251 e. The maximum Gasteiger partial charge on any atom is 0.251 e. The molecule has 1 saturated carbocycles. The molecule has 1 aliphatic carbocycles. The predicted molar refractivity (Wildman–Crippen MR) is 92.9 cm³/mol. The summed E-state index contributed by atoms with van der Waals surface area (Å²) in [5, 5.41) is 9.22. The molecule has 3 atom stereocenters. The maximum atomic E-state index is 12.2. The maximum absolute atomic E-state index is 12.2. The van der Waals surface area contributed by atoms with Gasteiger partial charge in [0, 0.05) is 29.8 Å².